The van der Waals surface area contributed by atoms with E-state index in [1.165, 1.54) is 18.2 Å². The van der Waals surface area contributed by atoms with Gasteiger partial charge in [-0.05, 0) is 24.6 Å². The lowest BCUT2D eigenvalue weighted by Crippen LogP contribution is -2.13. The summed E-state index contributed by atoms with van der Waals surface area (Å²) in [6.45, 7) is 1.66. The van der Waals surface area contributed by atoms with Crippen LogP contribution in [0.25, 0.3) is 0 Å². The molecule has 0 heterocycles. The quantitative estimate of drug-likeness (QED) is 0.778. The van der Waals surface area contributed by atoms with Crippen molar-refractivity contribution in [1.82, 2.24) is 0 Å². The lowest BCUT2D eigenvalue weighted by Gasteiger charge is -2.10. The Kier molecular flexibility index (Phi) is 4.12. The van der Waals surface area contributed by atoms with Gasteiger partial charge in [-0.1, -0.05) is 18.5 Å². The summed E-state index contributed by atoms with van der Waals surface area (Å²) >= 11 is 5.73. The molecule has 0 radical (unpaired) electrons. The van der Waals surface area contributed by atoms with Gasteiger partial charge in [0.2, 0.25) is 0 Å². The molecule has 1 rings (SSSR count). The Balaban J connectivity index is 2.95. The zero-order valence-corrected chi connectivity index (χ0v) is 9.16. The van der Waals surface area contributed by atoms with Gasteiger partial charge in [0.25, 0.3) is 0 Å². The van der Waals surface area contributed by atoms with Crippen molar-refractivity contribution in [3.63, 3.8) is 0 Å². The largest absolute Gasteiger partial charge is 0.507 e. The summed E-state index contributed by atoms with van der Waals surface area (Å²) < 4.78 is 0. The fourth-order valence-corrected chi connectivity index (χ4v) is 1.47. The molecular weight excluding hydrogens is 216 g/mol. The fraction of sp³-hybridized carbons (Fsp3) is 0.364. The maximum absolute atomic E-state index is 11.8. The third-order valence-electron chi connectivity index (χ3n) is 2.23. The molecule has 0 saturated heterocycles. The summed E-state index contributed by atoms with van der Waals surface area (Å²) in [4.78, 5) is 11.8. The molecule has 1 aromatic rings. The SMILES string of the molecule is CC(CCO)C(=O)c1cc(Cl)ccc1O. The summed E-state index contributed by atoms with van der Waals surface area (Å²) in [7, 11) is 0. The van der Waals surface area contributed by atoms with Crippen LogP contribution in [-0.2, 0) is 0 Å². The van der Waals surface area contributed by atoms with Crippen molar-refractivity contribution in [3.05, 3.63) is 28.8 Å². The molecule has 2 N–H and O–H groups in total. The number of carbonyl (C=O) groups excluding carboxylic acids is 1. The highest BCUT2D eigenvalue weighted by atomic mass is 35.5. The summed E-state index contributed by atoms with van der Waals surface area (Å²) in [6.07, 6.45) is 0.380. The molecule has 0 fully saturated rings. The first kappa shape index (κ1) is 12.0. The van der Waals surface area contributed by atoms with Gasteiger partial charge >= 0.3 is 0 Å². The molecule has 0 aromatic heterocycles. The van der Waals surface area contributed by atoms with E-state index in [0.717, 1.165) is 0 Å². The minimum absolute atomic E-state index is 0.0474. The van der Waals surface area contributed by atoms with Crippen LogP contribution in [0.15, 0.2) is 18.2 Å². The van der Waals surface area contributed by atoms with E-state index in [4.69, 9.17) is 16.7 Å². The first-order chi connectivity index (χ1) is 7.06. The second-order valence-corrected chi connectivity index (χ2v) is 3.88. The average molecular weight is 229 g/mol. The van der Waals surface area contributed by atoms with Gasteiger partial charge in [-0.2, -0.15) is 0 Å². The zero-order chi connectivity index (χ0) is 11.4. The molecule has 1 unspecified atom stereocenters. The molecule has 0 aliphatic heterocycles. The minimum Gasteiger partial charge on any atom is -0.507 e. The molecule has 0 bridgehead atoms. The van der Waals surface area contributed by atoms with Gasteiger partial charge in [0.05, 0.1) is 5.56 Å². The van der Waals surface area contributed by atoms with Crippen molar-refractivity contribution < 1.29 is 15.0 Å². The molecular formula is C11H13ClO3. The predicted molar refractivity (Wildman–Crippen MR) is 58.3 cm³/mol. The average Bonchev–Trinajstić information content (AvgIpc) is 2.21. The summed E-state index contributed by atoms with van der Waals surface area (Å²) in [5.74, 6) is -0.599. The van der Waals surface area contributed by atoms with E-state index in [9.17, 15) is 9.90 Å². The topological polar surface area (TPSA) is 57.5 Å². The van der Waals surface area contributed by atoms with Gasteiger partial charge in [0.1, 0.15) is 5.75 Å². The van der Waals surface area contributed by atoms with E-state index in [-0.39, 0.29) is 29.6 Å². The van der Waals surface area contributed by atoms with Gasteiger partial charge in [-0.25, -0.2) is 0 Å². The number of ketones is 1. The number of phenolic OH excluding ortho intramolecular Hbond substituents is 1. The number of benzene rings is 1. The first-order valence-corrected chi connectivity index (χ1v) is 5.07. The van der Waals surface area contributed by atoms with Crippen molar-refractivity contribution in [2.75, 3.05) is 6.61 Å². The molecule has 1 atom stereocenters. The normalized spacial score (nSPS) is 12.5. The Hall–Kier alpha value is -1.06. The Morgan fingerprint density at radius 2 is 2.20 bits per heavy atom. The molecule has 4 heteroatoms. The minimum atomic E-state index is -0.320. The van der Waals surface area contributed by atoms with E-state index >= 15 is 0 Å². The molecule has 1 aromatic carbocycles. The molecule has 82 valence electrons. The Morgan fingerprint density at radius 1 is 1.53 bits per heavy atom. The number of hydrogen-bond acceptors (Lipinski definition) is 3. The lowest BCUT2D eigenvalue weighted by atomic mass is 9.96. The van der Waals surface area contributed by atoms with E-state index in [1.807, 2.05) is 0 Å². The van der Waals surface area contributed by atoms with Crippen molar-refractivity contribution in [3.8, 4) is 5.75 Å². The summed E-state index contributed by atoms with van der Waals surface area (Å²) in [5, 5.41) is 18.6. The second kappa shape index (κ2) is 5.14. The fourth-order valence-electron chi connectivity index (χ4n) is 1.30. The second-order valence-electron chi connectivity index (χ2n) is 3.44. The Labute approximate surface area is 93.3 Å². The van der Waals surface area contributed by atoms with Gasteiger partial charge < -0.3 is 10.2 Å². The van der Waals surface area contributed by atoms with Crippen LogP contribution in [0.5, 0.6) is 5.75 Å². The smallest absolute Gasteiger partial charge is 0.169 e. The van der Waals surface area contributed by atoms with Crippen molar-refractivity contribution in [2.45, 2.75) is 13.3 Å². The number of hydrogen-bond donors (Lipinski definition) is 2. The van der Waals surface area contributed by atoms with Crippen LogP contribution in [0, 0.1) is 5.92 Å². The summed E-state index contributed by atoms with van der Waals surface area (Å²) in [6, 6.07) is 4.35. The zero-order valence-electron chi connectivity index (χ0n) is 8.40. The predicted octanol–water partition coefficient (Wildman–Crippen LogP) is 2.25. The Morgan fingerprint density at radius 3 is 2.80 bits per heavy atom. The van der Waals surface area contributed by atoms with Gasteiger partial charge in [-0.3, -0.25) is 4.79 Å². The van der Waals surface area contributed by atoms with Crippen molar-refractivity contribution in [2.24, 2.45) is 5.92 Å². The molecule has 3 nitrogen and oxygen atoms in total. The van der Waals surface area contributed by atoms with Gasteiger partial charge in [0.15, 0.2) is 5.78 Å². The molecule has 0 aliphatic rings. The van der Waals surface area contributed by atoms with Crippen LogP contribution in [-0.4, -0.2) is 22.6 Å². The highest BCUT2D eigenvalue weighted by Gasteiger charge is 2.18. The molecule has 0 aliphatic carbocycles. The molecule has 0 saturated carbocycles. The number of rotatable bonds is 4. The van der Waals surface area contributed by atoms with Crippen molar-refractivity contribution in [1.29, 1.82) is 0 Å². The van der Waals surface area contributed by atoms with Crippen LogP contribution in [0.3, 0.4) is 0 Å². The first-order valence-electron chi connectivity index (χ1n) is 4.70. The van der Waals surface area contributed by atoms with Gasteiger partial charge in [0, 0.05) is 17.5 Å². The number of aromatic hydroxyl groups is 1. The maximum Gasteiger partial charge on any atom is 0.169 e. The van der Waals surface area contributed by atoms with E-state index < -0.39 is 0 Å². The molecule has 0 amide bonds. The summed E-state index contributed by atoms with van der Waals surface area (Å²) in [5.41, 5.74) is 0.212. The number of aliphatic hydroxyl groups excluding tert-OH is 1. The third kappa shape index (κ3) is 2.94. The van der Waals surface area contributed by atoms with Crippen LogP contribution in [0.1, 0.15) is 23.7 Å². The van der Waals surface area contributed by atoms with Gasteiger partial charge in [-0.15, -0.1) is 0 Å². The number of carbonyl (C=O) groups is 1. The van der Waals surface area contributed by atoms with E-state index in [1.54, 1.807) is 6.92 Å². The third-order valence-corrected chi connectivity index (χ3v) is 2.47. The van der Waals surface area contributed by atoms with Crippen LogP contribution in [0.4, 0.5) is 0 Å². The van der Waals surface area contributed by atoms with Crippen molar-refractivity contribution >= 4 is 17.4 Å². The number of phenols is 1. The highest BCUT2D eigenvalue weighted by Crippen LogP contribution is 2.24. The van der Waals surface area contributed by atoms with Crippen LogP contribution >= 0.6 is 11.6 Å². The lowest BCUT2D eigenvalue weighted by molar-refractivity contribution is 0.0905. The molecule has 0 spiro atoms. The maximum atomic E-state index is 11.8. The number of halogens is 1. The number of Topliss-reactive ketones (excluding diaryl/α,β-unsaturated/α-hetero) is 1. The highest BCUT2D eigenvalue weighted by molar-refractivity contribution is 6.31. The van der Waals surface area contributed by atoms with Crippen LogP contribution in [0.2, 0.25) is 5.02 Å². The standard InChI is InChI=1S/C11H13ClO3/c1-7(4-5-13)11(15)9-6-8(12)2-3-10(9)14/h2-3,6-7,13-14H,4-5H2,1H3. The number of aliphatic hydroxyl groups is 1. The monoisotopic (exact) mass is 228 g/mol. The van der Waals surface area contributed by atoms with E-state index in [2.05, 4.69) is 0 Å². The Bertz CT molecular complexity index is 363. The molecule has 15 heavy (non-hydrogen) atoms. The van der Waals surface area contributed by atoms with E-state index in [0.29, 0.717) is 11.4 Å². The van der Waals surface area contributed by atoms with Crippen LogP contribution < -0.4 is 0 Å².